The van der Waals surface area contributed by atoms with Gasteiger partial charge in [-0.2, -0.15) is 0 Å². The summed E-state index contributed by atoms with van der Waals surface area (Å²) in [6, 6.07) is 9.11. The van der Waals surface area contributed by atoms with Crippen molar-refractivity contribution >= 4 is 22.8 Å². The van der Waals surface area contributed by atoms with Crippen LogP contribution in [0.5, 0.6) is 5.75 Å². The van der Waals surface area contributed by atoms with Crippen LogP contribution in [0.3, 0.4) is 0 Å². The van der Waals surface area contributed by atoms with Gasteiger partial charge < -0.3 is 23.8 Å². The zero-order valence-electron chi connectivity index (χ0n) is 17.2. The van der Waals surface area contributed by atoms with E-state index in [2.05, 4.69) is 5.32 Å². The van der Waals surface area contributed by atoms with Crippen molar-refractivity contribution in [3.63, 3.8) is 0 Å². The average molecular weight is 410 g/mol. The van der Waals surface area contributed by atoms with Gasteiger partial charge in [0.15, 0.2) is 11.3 Å². The summed E-state index contributed by atoms with van der Waals surface area (Å²) in [4.78, 5) is 26.9. The topological polar surface area (TPSA) is 84.9 Å². The molecule has 4 rings (SSSR count). The molecule has 0 aliphatic carbocycles. The Balaban J connectivity index is 1.36. The quantitative estimate of drug-likeness (QED) is 0.660. The van der Waals surface area contributed by atoms with Crippen molar-refractivity contribution in [3.8, 4) is 5.75 Å². The van der Waals surface area contributed by atoms with Crippen LogP contribution in [0.15, 0.2) is 51.7 Å². The number of para-hydroxylation sites is 1. The predicted molar refractivity (Wildman–Crippen MR) is 111 cm³/mol. The number of piperidine rings is 1. The van der Waals surface area contributed by atoms with E-state index in [9.17, 15) is 9.59 Å². The number of ether oxygens (including phenoxy) is 1. The van der Waals surface area contributed by atoms with Gasteiger partial charge in [-0.3, -0.25) is 9.59 Å². The summed E-state index contributed by atoms with van der Waals surface area (Å²) in [7, 11) is 0. The fourth-order valence-corrected chi connectivity index (χ4v) is 3.85. The Morgan fingerprint density at radius 2 is 2.07 bits per heavy atom. The van der Waals surface area contributed by atoms with Gasteiger partial charge in [-0.25, -0.2) is 0 Å². The maximum Gasteiger partial charge on any atom is 0.257 e. The summed E-state index contributed by atoms with van der Waals surface area (Å²) in [5.41, 5.74) is 1.24. The first-order valence-electron chi connectivity index (χ1n) is 10.3. The fraction of sp³-hybridized carbons (Fsp3) is 0.391. The highest BCUT2D eigenvalue weighted by Crippen LogP contribution is 2.31. The number of nitrogens with one attached hydrogen (secondary N) is 1. The zero-order valence-corrected chi connectivity index (χ0v) is 17.2. The summed E-state index contributed by atoms with van der Waals surface area (Å²) in [5.74, 6) is 1.21. The number of furan rings is 2. The highest BCUT2D eigenvalue weighted by atomic mass is 16.5. The summed E-state index contributed by atoms with van der Waals surface area (Å²) >= 11 is 0. The van der Waals surface area contributed by atoms with Gasteiger partial charge in [0.1, 0.15) is 12.0 Å². The molecular weight excluding hydrogens is 384 g/mol. The molecule has 1 N–H and O–H groups in total. The summed E-state index contributed by atoms with van der Waals surface area (Å²) in [6.07, 6.45) is 4.21. The lowest BCUT2D eigenvalue weighted by molar-refractivity contribution is -0.127. The van der Waals surface area contributed by atoms with Crippen molar-refractivity contribution in [2.45, 2.75) is 32.7 Å². The number of nitrogens with zero attached hydrogens (tertiary/aromatic N) is 1. The number of carbonyl (C=O) groups excluding carboxylic acids is 2. The van der Waals surface area contributed by atoms with E-state index in [1.807, 2.05) is 38.1 Å². The minimum atomic E-state index is -0.259. The Morgan fingerprint density at radius 1 is 1.27 bits per heavy atom. The summed E-state index contributed by atoms with van der Waals surface area (Å²) in [6.45, 7) is 5.51. The van der Waals surface area contributed by atoms with Crippen molar-refractivity contribution in [3.05, 3.63) is 54.2 Å². The van der Waals surface area contributed by atoms with Crippen molar-refractivity contribution in [1.29, 1.82) is 0 Å². The molecule has 1 fully saturated rings. The number of fused-ring (bicyclic) bond motifs is 1. The smallest absolute Gasteiger partial charge is 0.257 e. The van der Waals surface area contributed by atoms with Crippen LogP contribution in [0.2, 0.25) is 0 Å². The first kappa shape index (κ1) is 20.1. The number of rotatable bonds is 6. The van der Waals surface area contributed by atoms with Crippen molar-refractivity contribution in [2.75, 3.05) is 19.7 Å². The van der Waals surface area contributed by atoms with Gasteiger partial charge in [-0.1, -0.05) is 12.1 Å². The number of amides is 2. The van der Waals surface area contributed by atoms with Gasteiger partial charge in [0.05, 0.1) is 24.5 Å². The van der Waals surface area contributed by atoms with Crippen LogP contribution in [-0.4, -0.2) is 36.4 Å². The SMILES string of the molecule is CCOc1cccc2cc(C(C)NC(=O)C3CCN(C(=O)c4ccoc4)CC3)oc12. The minimum absolute atomic E-state index is 0.0107. The largest absolute Gasteiger partial charge is 0.490 e. The average Bonchev–Trinajstić information content (AvgIpc) is 3.44. The summed E-state index contributed by atoms with van der Waals surface area (Å²) in [5, 5.41) is 4.01. The zero-order chi connectivity index (χ0) is 21.1. The second kappa shape index (κ2) is 8.65. The second-order valence-electron chi connectivity index (χ2n) is 7.57. The number of hydrogen-bond donors (Lipinski definition) is 1. The lowest BCUT2D eigenvalue weighted by Crippen LogP contribution is -2.43. The van der Waals surface area contributed by atoms with Crippen molar-refractivity contribution in [2.24, 2.45) is 5.92 Å². The van der Waals surface area contributed by atoms with Crippen LogP contribution < -0.4 is 10.1 Å². The Bertz CT molecular complexity index is 1020. The Hall–Kier alpha value is -3.22. The minimum Gasteiger partial charge on any atom is -0.490 e. The van der Waals surface area contributed by atoms with E-state index >= 15 is 0 Å². The third-order valence-electron chi connectivity index (χ3n) is 5.53. The Kier molecular flexibility index (Phi) is 5.79. The van der Waals surface area contributed by atoms with Gasteiger partial charge in [0.2, 0.25) is 5.91 Å². The third-order valence-corrected chi connectivity index (χ3v) is 5.53. The molecule has 0 radical (unpaired) electrons. The lowest BCUT2D eigenvalue weighted by atomic mass is 9.95. The van der Waals surface area contributed by atoms with Gasteiger partial charge in [0.25, 0.3) is 5.91 Å². The number of hydrogen-bond acceptors (Lipinski definition) is 5. The van der Waals surface area contributed by atoms with E-state index in [0.717, 1.165) is 5.39 Å². The molecule has 1 saturated heterocycles. The molecule has 1 aromatic carbocycles. The molecule has 0 spiro atoms. The molecule has 158 valence electrons. The highest BCUT2D eigenvalue weighted by molar-refractivity contribution is 5.94. The molecule has 0 saturated carbocycles. The van der Waals surface area contributed by atoms with Crippen LogP contribution >= 0.6 is 0 Å². The fourth-order valence-electron chi connectivity index (χ4n) is 3.85. The van der Waals surface area contributed by atoms with E-state index in [1.165, 1.54) is 12.5 Å². The maximum atomic E-state index is 12.8. The molecule has 3 heterocycles. The van der Waals surface area contributed by atoms with E-state index in [1.54, 1.807) is 11.0 Å². The monoisotopic (exact) mass is 410 g/mol. The van der Waals surface area contributed by atoms with E-state index in [0.29, 0.717) is 55.2 Å². The standard InChI is InChI=1S/C23H26N2O5/c1-3-29-19-6-4-5-17-13-20(30-21(17)19)15(2)24-22(26)16-7-10-25(11-8-16)23(27)18-9-12-28-14-18/h4-6,9,12-16H,3,7-8,10-11H2,1-2H3,(H,24,26). The maximum absolute atomic E-state index is 12.8. The number of likely N-dealkylation sites (tertiary alicyclic amines) is 1. The number of carbonyl (C=O) groups is 2. The molecule has 30 heavy (non-hydrogen) atoms. The van der Waals surface area contributed by atoms with Gasteiger partial charge in [-0.15, -0.1) is 0 Å². The van der Waals surface area contributed by atoms with Crippen LogP contribution in [-0.2, 0) is 4.79 Å². The lowest BCUT2D eigenvalue weighted by Gasteiger charge is -2.31. The molecule has 1 aliphatic heterocycles. The Morgan fingerprint density at radius 3 is 2.77 bits per heavy atom. The molecule has 0 bridgehead atoms. The second-order valence-corrected chi connectivity index (χ2v) is 7.57. The molecule has 7 nitrogen and oxygen atoms in total. The van der Waals surface area contributed by atoms with Gasteiger partial charge in [-0.05, 0) is 44.9 Å². The van der Waals surface area contributed by atoms with Crippen LogP contribution in [0.4, 0.5) is 0 Å². The van der Waals surface area contributed by atoms with Gasteiger partial charge >= 0.3 is 0 Å². The molecule has 2 amide bonds. The molecular formula is C23H26N2O5. The highest BCUT2D eigenvalue weighted by Gasteiger charge is 2.29. The normalized spacial score (nSPS) is 15.9. The summed E-state index contributed by atoms with van der Waals surface area (Å²) < 4.78 is 16.6. The van der Waals surface area contributed by atoms with E-state index in [-0.39, 0.29) is 23.8 Å². The molecule has 3 aromatic rings. The van der Waals surface area contributed by atoms with Crippen LogP contribution in [0, 0.1) is 5.92 Å². The molecule has 2 aromatic heterocycles. The first-order valence-corrected chi connectivity index (χ1v) is 10.3. The molecule has 1 aliphatic rings. The van der Waals surface area contributed by atoms with Crippen LogP contribution in [0.25, 0.3) is 11.0 Å². The van der Waals surface area contributed by atoms with Crippen LogP contribution in [0.1, 0.15) is 48.8 Å². The third kappa shape index (κ3) is 4.06. The molecule has 1 atom stereocenters. The van der Waals surface area contributed by atoms with E-state index in [4.69, 9.17) is 13.6 Å². The molecule has 7 heteroatoms. The predicted octanol–water partition coefficient (Wildman–Crippen LogP) is 4.15. The first-order chi connectivity index (χ1) is 14.6. The van der Waals surface area contributed by atoms with Gasteiger partial charge in [0, 0.05) is 24.4 Å². The molecule has 1 unspecified atom stereocenters. The van der Waals surface area contributed by atoms with E-state index < -0.39 is 0 Å². The number of benzene rings is 1. The van der Waals surface area contributed by atoms with Crippen molar-refractivity contribution in [1.82, 2.24) is 10.2 Å². The van der Waals surface area contributed by atoms with Crippen molar-refractivity contribution < 1.29 is 23.2 Å². The Labute approximate surface area is 175 Å².